The Hall–Kier alpha value is -2.57. The lowest BCUT2D eigenvalue weighted by molar-refractivity contribution is 0.171. The van der Waals surface area contributed by atoms with E-state index in [9.17, 15) is 0 Å². The SMILES string of the molecule is CC1CCN(c2nncc(Nc3ccc4c(c3)OCCO4)n2)CC1. The number of hydrogen-bond donors (Lipinski definition) is 1. The predicted molar refractivity (Wildman–Crippen MR) is 91.2 cm³/mol. The Labute approximate surface area is 141 Å². The molecule has 24 heavy (non-hydrogen) atoms. The molecule has 7 heteroatoms. The fourth-order valence-electron chi connectivity index (χ4n) is 2.97. The van der Waals surface area contributed by atoms with Crippen molar-refractivity contribution in [3.05, 3.63) is 24.4 Å². The van der Waals surface area contributed by atoms with E-state index in [4.69, 9.17) is 9.47 Å². The lowest BCUT2D eigenvalue weighted by atomic mass is 10.00. The van der Waals surface area contributed by atoms with Crippen LogP contribution in [-0.4, -0.2) is 41.5 Å². The Bertz CT molecular complexity index is 716. The lowest BCUT2D eigenvalue weighted by Crippen LogP contribution is -2.34. The second-order valence-electron chi connectivity index (χ2n) is 6.29. The van der Waals surface area contributed by atoms with Gasteiger partial charge in [-0.05, 0) is 30.9 Å². The number of anilines is 3. The number of rotatable bonds is 3. The van der Waals surface area contributed by atoms with Crippen LogP contribution in [-0.2, 0) is 0 Å². The number of ether oxygens (including phenoxy) is 2. The van der Waals surface area contributed by atoms with Crippen molar-refractivity contribution in [3.8, 4) is 11.5 Å². The molecule has 1 fully saturated rings. The minimum absolute atomic E-state index is 0.572. The fraction of sp³-hybridized carbons (Fsp3) is 0.471. The van der Waals surface area contributed by atoms with Crippen LogP contribution in [0.15, 0.2) is 24.4 Å². The monoisotopic (exact) mass is 327 g/mol. The van der Waals surface area contributed by atoms with Crippen LogP contribution in [0.3, 0.4) is 0 Å². The fourth-order valence-corrected chi connectivity index (χ4v) is 2.97. The van der Waals surface area contributed by atoms with Crippen LogP contribution >= 0.6 is 0 Å². The standard InChI is InChI=1S/C17H21N5O2/c1-12-4-6-22(7-5-12)17-20-16(11-18-21-17)19-13-2-3-14-15(10-13)24-9-8-23-14/h2-3,10-12H,4-9H2,1H3,(H,19,20,21). The van der Waals surface area contributed by atoms with Crippen molar-refractivity contribution in [1.82, 2.24) is 15.2 Å². The number of nitrogens with zero attached hydrogens (tertiary/aromatic N) is 4. The van der Waals surface area contributed by atoms with Crippen molar-refractivity contribution >= 4 is 17.5 Å². The predicted octanol–water partition coefficient (Wildman–Crippen LogP) is 2.62. The van der Waals surface area contributed by atoms with E-state index in [1.54, 1.807) is 6.20 Å². The van der Waals surface area contributed by atoms with Crippen LogP contribution in [0.25, 0.3) is 0 Å². The quantitative estimate of drug-likeness (QED) is 0.929. The number of benzene rings is 1. The molecule has 0 radical (unpaired) electrons. The van der Waals surface area contributed by atoms with Crippen LogP contribution in [0.2, 0.25) is 0 Å². The molecule has 4 rings (SSSR count). The van der Waals surface area contributed by atoms with E-state index in [1.807, 2.05) is 18.2 Å². The summed E-state index contributed by atoms with van der Waals surface area (Å²) >= 11 is 0. The highest BCUT2D eigenvalue weighted by atomic mass is 16.6. The van der Waals surface area contributed by atoms with Gasteiger partial charge in [-0.1, -0.05) is 6.92 Å². The Kier molecular flexibility index (Phi) is 4.06. The van der Waals surface area contributed by atoms with Gasteiger partial charge < -0.3 is 19.7 Å². The summed E-state index contributed by atoms with van der Waals surface area (Å²) in [6, 6.07) is 5.76. The van der Waals surface area contributed by atoms with Gasteiger partial charge in [0, 0.05) is 24.8 Å². The molecule has 0 amide bonds. The van der Waals surface area contributed by atoms with Gasteiger partial charge in [-0.15, -0.1) is 5.10 Å². The number of fused-ring (bicyclic) bond motifs is 1. The molecule has 0 atom stereocenters. The lowest BCUT2D eigenvalue weighted by Gasteiger charge is -2.29. The molecule has 1 aromatic heterocycles. The molecule has 1 aromatic carbocycles. The second kappa shape index (κ2) is 6.51. The minimum Gasteiger partial charge on any atom is -0.486 e. The molecular formula is C17H21N5O2. The molecule has 2 aliphatic rings. The summed E-state index contributed by atoms with van der Waals surface area (Å²) in [7, 11) is 0. The third-order valence-electron chi connectivity index (χ3n) is 4.43. The maximum atomic E-state index is 5.61. The molecule has 2 aromatic rings. The third-order valence-corrected chi connectivity index (χ3v) is 4.43. The number of nitrogens with one attached hydrogen (secondary N) is 1. The Morgan fingerprint density at radius 1 is 1.12 bits per heavy atom. The molecule has 3 heterocycles. The summed E-state index contributed by atoms with van der Waals surface area (Å²) in [5, 5.41) is 11.5. The highest BCUT2D eigenvalue weighted by Crippen LogP contribution is 2.33. The maximum Gasteiger partial charge on any atom is 0.247 e. The summed E-state index contributed by atoms with van der Waals surface area (Å²) < 4.78 is 11.1. The van der Waals surface area contributed by atoms with Gasteiger partial charge in [0.05, 0.1) is 6.20 Å². The van der Waals surface area contributed by atoms with Crippen molar-refractivity contribution in [2.75, 3.05) is 36.5 Å². The normalized spacial score (nSPS) is 17.6. The molecule has 0 aliphatic carbocycles. The Balaban J connectivity index is 1.49. The molecule has 0 spiro atoms. The number of piperidine rings is 1. The molecule has 0 saturated carbocycles. The van der Waals surface area contributed by atoms with E-state index in [1.165, 1.54) is 12.8 Å². The van der Waals surface area contributed by atoms with Crippen LogP contribution in [0.4, 0.5) is 17.5 Å². The first-order chi connectivity index (χ1) is 11.8. The molecule has 7 nitrogen and oxygen atoms in total. The summed E-state index contributed by atoms with van der Waals surface area (Å²) in [5.74, 6) is 3.65. The zero-order valence-electron chi connectivity index (χ0n) is 13.7. The van der Waals surface area contributed by atoms with Gasteiger partial charge in [-0.25, -0.2) is 0 Å². The van der Waals surface area contributed by atoms with Gasteiger partial charge in [-0.3, -0.25) is 0 Å². The van der Waals surface area contributed by atoms with E-state index >= 15 is 0 Å². The van der Waals surface area contributed by atoms with E-state index in [-0.39, 0.29) is 0 Å². The number of hydrogen-bond acceptors (Lipinski definition) is 7. The van der Waals surface area contributed by atoms with Gasteiger partial charge in [0.25, 0.3) is 0 Å². The molecular weight excluding hydrogens is 306 g/mol. The zero-order valence-corrected chi connectivity index (χ0v) is 13.7. The maximum absolute atomic E-state index is 5.61. The molecule has 126 valence electrons. The zero-order chi connectivity index (χ0) is 16.4. The minimum atomic E-state index is 0.572. The average Bonchev–Trinajstić information content (AvgIpc) is 2.62. The van der Waals surface area contributed by atoms with Crippen molar-refractivity contribution in [2.45, 2.75) is 19.8 Å². The van der Waals surface area contributed by atoms with Crippen molar-refractivity contribution < 1.29 is 9.47 Å². The Morgan fingerprint density at radius 2 is 1.92 bits per heavy atom. The molecule has 1 saturated heterocycles. The van der Waals surface area contributed by atoms with Crippen molar-refractivity contribution in [2.24, 2.45) is 5.92 Å². The summed E-state index contributed by atoms with van der Waals surface area (Å²) in [6.45, 7) is 5.42. The summed E-state index contributed by atoms with van der Waals surface area (Å²) in [5.41, 5.74) is 0.887. The largest absolute Gasteiger partial charge is 0.486 e. The Morgan fingerprint density at radius 3 is 2.75 bits per heavy atom. The first-order valence-electron chi connectivity index (χ1n) is 8.39. The van der Waals surface area contributed by atoms with E-state index in [2.05, 4.69) is 32.3 Å². The van der Waals surface area contributed by atoms with Gasteiger partial charge in [0.2, 0.25) is 5.95 Å². The molecule has 1 N–H and O–H groups in total. The first-order valence-corrected chi connectivity index (χ1v) is 8.39. The average molecular weight is 327 g/mol. The molecule has 0 bridgehead atoms. The van der Waals surface area contributed by atoms with Crippen molar-refractivity contribution in [3.63, 3.8) is 0 Å². The number of aromatic nitrogens is 3. The van der Waals surface area contributed by atoms with Gasteiger partial charge in [-0.2, -0.15) is 10.1 Å². The van der Waals surface area contributed by atoms with E-state index in [0.29, 0.717) is 25.0 Å². The summed E-state index contributed by atoms with van der Waals surface area (Å²) in [6.07, 6.45) is 3.97. The van der Waals surface area contributed by atoms with Crippen molar-refractivity contribution in [1.29, 1.82) is 0 Å². The van der Waals surface area contributed by atoms with E-state index < -0.39 is 0 Å². The van der Waals surface area contributed by atoms with E-state index in [0.717, 1.165) is 36.2 Å². The summed E-state index contributed by atoms with van der Waals surface area (Å²) in [4.78, 5) is 6.79. The van der Waals surface area contributed by atoms with Gasteiger partial charge in [0.1, 0.15) is 13.2 Å². The van der Waals surface area contributed by atoms with Crippen LogP contribution in [0, 0.1) is 5.92 Å². The van der Waals surface area contributed by atoms with Gasteiger partial charge in [0.15, 0.2) is 17.3 Å². The second-order valence-corrected chi connectivity index (χ2v) is 6.29. The third kappa shape index (κ3) is 3.20. The van der Waals surface area contributed by atoms with Crippen LogP contribution < -0.4 is 19.7 Å². The highest BCUT2D eigenvalue weighted by molar-refractivity contribution is 5.61. The molecule has 0 unspecified atom stereocenters. The topological polar surface area (TPSA) is 72.4 Å². The highest BCUT2D eigenvalue weighted by Gasteiger charge is 2.19. The smallest absolute Gasteiger partial charge is 0.247 e. The van der Waals surface area contributed by atoms with Gasteiger partial charge >= 0.3 is 0 Å². The van der Waals surface area contributed by atoms with Crippen LogP contribution in [0.1, 0.15) is 19.8 Å². The first kappa shape index (κ1) is 15.0. The molecule has 2 aliphatic heterocycles. The van der Waals surface area contributed by atoms with Crippen LogP contribution in [0.5, 0.6) is 11.5 Å².